The summed E-state index contributed by atoms with van der Waals surface area (Å²) in [7, 11) is 1.64. The normalized spacial score (nSPS) is 14.3. The van der Waals surface area contributed by atoms with Crippen molar-refractivity contribution >= 4 is 39.1 Å². The Balaban J connectivity index is 1.43. The molecule has 2 aromatic rings. The van der Waals surface area contributed by atoms with E-state index in [1.54, 1.807) is 13.1 Å². The number of nitrogens with one attached hydrogen (secondary N) is 1. The molecule has 0 radical (unpaired) electrons. The van der Waals surface area contributed by atoms with Gasteiger partial charge in [0, 0.05) is 20.1 Å². The first kappa shape index (κ1) is 20.0. The molecule has 0 bridgehead atoms. The van der Waals surface area contributed by atoms with Gasteiger partial charge >= 0.3 is 0 Å². The maximum absolute atomic E-state index is 12.3. The molecule has 1 saturated heterocycles. The van der Waals surface area contributed by atoms with E-state index in [-0.39, 0.29) is 18.4 Å². The Labute approximate surface area is 172 Å². The molecule has 0 saturated carbocycles. The number of thiophene rings is 1. The van der Waals surface area contributed by atoms with E-state index in [0.717, 1.165) is 15.9 Å². The summed E-state index contributed by atoms with van der Waals surface area (Å²) < 4.78 is 0.900. The molecule has 0 spiro atoms. The number of likely N-dealkylation sites (N-methyl/N-ethyl adjacent to an activating group) is 1. The van der Waals surface area contributed by atoms with Crippen LogP contribution < -0.4 is 5.32 Å². The van der Waals surface area contributed by atoms with Gasteiger partial charge in [0.05, 0.1) is 15.2 Å². The van der Waals surface area contributed by atoms with Crippen LogP contribution in [-0.4, -0.2) is 48.3 Å². The van der Waals surface area contributed by atoms with E-state index in [2.05, 4.69) is 50.4 Å². The quantitative estimate of drug-likeness (QED) is 0.703. The second kappa shape index (κ2) is 9.48. The number of hydrogen-bond acceptors (Lipinski definition) is 4. The van der Waals surface area contributed by atoms with E-state index in [1.165, 1.54) is 47.7 Å². The molecule has 1 aromatic heterocycles. The highest BCUT2D eigenvalue weighted by Gasteiger charge is 2.16. The number of halogens is 1. The van der Waals surface area contributed by atoms with Gasteiger partial charge in [0.15, 0.2) is 0 Å². The van der Waals surface area contributed by atoms with Gasteiger partial charge in [-0.2, -0.15) is 0 Å². The maximum atomic E-state index is 12.3. The van der Waals surface area contributed by atoms with E-state index in [9.17, 15) is 9.59 Å². The molecule has 3 rings (SSSR count). The lowest BCUT2D eigenvalue weighted by atomic mass is 10.1. The van der Waals surface area contributed by atoms with Gasteiger partial charge in [0.2, 0.25) is 5.91 Å². The Morgan fingerprint density at radius 2 is 1.78 bits per heavy atom. The Morgan fingerprint density at radius 3 is 2.41 bits per heavy atom. The van der Waals surface area contributed by atoms with E-state index in [0.29, 0.717) is 11.4 Å². The highest BCUT2D eigenvalue weighted by Crippen LogP contribution is 2.23. The lowest BCUT2D eigenvalue weighted by Crippen LogP contribution is -2.37. The second-order valence-electron chi connectivity index (χ2n) is 6.84. The molecule has 0 atom stereocenters. The minimum Gasteiger partial charge on any atom is -0.350 e. The summed E-state index contributed by atoms with van der Waals surface area (Å²) in [6.07, 6.45) is 2.59. The Morgan fingerprint density at radius 1 is 1.11 bits per heavy atom. The number of amides is 2. The number of nitrogens with zero attached hydrogens (tertiary/aromatic N) is 2. The number of rotatable bonds is 7. The smallest absolute Gasteiger partial charge is 0.264 e. The van der Waals surface area contributed by atoms with Crippen molar-refractivity contribution in [3.63, 3.8) is 0 Å². The van der Waals surface area contributed by atoms with Gasteiger partial charge in [-0.25, -0.2) is 0 Å². The van der Waals surface area contributed by atoms with E-state index < -0.39 is 0 Å². The molecule has 7 heteroatoms. The van der Waals surface area contributed by atoms with Gasteiger partial charge < -0.3 is 10.2 Å². The van der Waals surface area contributed by atoms with Crippen molar-refractivity contribution in [1.82, 2.24) is 15.1 Å². The SMILES string of the molecule is CN(CC(=O)NCc1ccc(CN2CCCC2)cc1)C(=O)c1ccc(Br)s1. The molecule has 1 aliphatic rings. The van der Waals surface area contributed by atoms with Crippen LogP contribution in [0.2, 0.25) is 0 Å². The van der Waals surface area contributed by atoms with Crippen molar-refractivity contribution in [3.05, 3.63) is 56.2 Å². The van der Waals surface area contributed by atoms with Gasteiger partial charge in [0.25, 0.3) is 5.91 Å². The largest absolute Gasteiger partial charge is 0.350 e. The minimum absolute atomic E-state index is 0.0431. The highest BCUT2D eigenvalue weighted by molar-refractivity contribution is 9.11. The summed E-state index contributed by atoms with van der Waals surface area (Å²) in [4.78, 5) is 28.9. The third-order valence-electron chi connectivity index (χ3n) is 4.63. The van der Waals surface area contributed by atoms with Crippen LogP contribution in [0.5, 0.6) is 0 Å². The van der Waals surface area contributed by atoms with Crippen LogP contribution in [0.25, 0.3) is 0 Å². The summed E-state index contributed by atoms with van der Waals surface area (Å²) in [6.45, 7) is 3.88. The summed E-state index contributed by atoms with van der Waals surface area (Å²) in [6, 6.07) is 12.0. The number of hydrogen-bond donors (Lipinski definition) is 1. The number of likely N-dealkylation sites (tertiary alicyclic amines) is 1. The first-order chi connectivity index (χ1) is 13.0. The highest BCUT2D eigenvalue weighted by atomic mass is 79.9. The zero-order valence-corrected chi connectivity index (χ0v) is 17.8. The molecule has 0 unspecified atom stereocenters. The molecule has 1 aromatic carbocycles. The van der Waals surface area contributed by atoms with Crippen LogP contribution >= 0.6 is 27.3 Å². The molecule has 1 N–H and O–H groups in total. The van der Waals surface area contributed by atoms with E-state index in [4.69, 9.17) is 0 Å². The number of carbonyl (C=O) groups is 2. The monoisotopic (exact) mass is 449 g/mol. The van der Waals surface area contributed by atoms with Gasteiger partial charge in [0.1, 0.15) is 0 Å². The fourth-order valence-corrected chi connectivity index (χ4v) is 4.50. The molecule has 1 aliphatic heterocycles. The molecular formula is C20H24BrN3O2S. The average Bonchev–Trinajstić information content (AvgIpc) is 3.32. The second-order valence-corrected chi connectivity index (χ2v) is 9.30. The average molecular weight is 450 g/mol. The molecule has 5 nitrogen and oxygen atoms in total. The van der Waals surface area contributed by atoms with Crippen LogP contribution in [-0.2, 0) is 17.9 Å². The van der Waals surface area contributed by atoms with Gasteiger partial charge in [-0.15, -0.1) is 11.3 Å². The van der Waals surface area contributed by atoms with Crippen LogP contribution in [0.3, 0.4) is 0 Å². The van der Waals surface area contributed by atoms with Crippen molar-refractivity contribution in [2.24, 2.45) is 0 Å². The number of carbonyl (C=O) groups excluding carboxylic acids is 2. The third kappa shape index (κ3) is 5.89. The van der Waals surface area contributed by atoms with Crippen LogP contribution in [0, 0.1) is 0 Å². The molecular weight excluding hydrogens is 426 g/mol. The standard InChI is InChI=1S/C20H24BrN3O2S/c1-23(20(26)17-8-9-18(21)27-17)14-19(25)22-12-15-4-6-16(7-5-15)13-24-10-2-3-11-24/h4-9H,2-3,10-14H2,1H3,(H,22,25). The Kier molecular flexibility index (Phi) is 7.04. The van der Waals surface area contributed by atoms with Gasteiger partial charge in [-0.05, 0) is 65.1 Å². The van der Waals surface area contributed by atoms with Crippen molar-refractivity contribution in [2.45, 2.75) is 25.9 Å². The zero-order chi connectivity index (χ0) is 19.2. The maximum Gasteiger partial charge on any atom is 0.264 e. The Hall–Kier alpha value is -1.70. The van der Waals surface area contributed by atoms with Crippen molar-refractivity contribution in [2.75, 3.05) is 26.7 Å². The van der Waals surface area contributed by atoms with Crippen molar-refractivity contribution < 1.29 is 9.59 Å². The predicted molar refractivity (Wildman–Crippen MR) is 112 cm³/mol. The predicted octanol–water partition coefficient (Wildman–Crippen LogP) is 3.49. The van der Waals surface area contributed by atoms with Crippen LogP contribution in [0.1, 0.15) is 33.6 Å². The van der Waals surface area contributed by atoms with Gasteiger partial charge in [-0.1, -0.05) is 24.3 Å². The first-order valence-corrected chi connectivity index (χ1v) is 10.7. The molecule has 2 amide bonds. The van der Waals surface area contributed by atoms with Crippen molar-refractivity contribution in [3.8, 4) is 0 Å². The molecule has 144 valence electrons. The van der Waals surface area contributed by atoms with E-state index in [1.807, 2.05) is 6.07 Å². The topological polar surface area (TPSA) is 52.7 Å². The summed E-state index contributed by atoms with van der Waals surface area (Å²) in [5.41, 5.74) is 2.36. The minimum atomic E-state index is -0.164. The molecule has 2 heterocycles. The summed E-state index contributed by atoms with van der Waals surface area (Å²) in [5, 5.41) is 2.88. The fourth-order valence-electron chi connectivity index (χ4n) is 3.12. The van der Waals surface area contributed by atoms with E-state index >= 15 is 0 Å². The zero-order valence-electron chi connectivity index (χ0n) is 15.4. The molecule has 0 aliphatic carbocycles. The third-order valence-corrected chi connectivity index (χ3v) is 6.24. The summed E-state index contributed by atoms with van der Waals surface area (Å²) in [5.74, 6) is -0.310. The molecule has 1 fully saturated rings. The Bertz CT molecular complexity index is 785. The lowest BCUT2D eigenvalue weighted by Gasteiger charge is -2.16. The number of benzene rings is 1. The fraction of sp³-hybridized carbons (Fsp3) is 0.400. The van der Waals surface area contributed by atoms with Gasteiger partial charge in [-0.3, -0.25) is 14.5 Å². The molecule has 27 heavy (non-hydrogen) atoms. The first-order valence-electron chi connectivity index (χ1n) is 9.09. The van der Waals surface area contributed by atoms with Crippen LogP contribution in [0.15, 0.2) is 40.2 Å². The lowest BCUT2D eigenvalue weighted by molar-refractivity contribution is -0.121. The van der Waals surface area contributed by atoms with Crippen molar-refractivity contribution in [1.29, 1.82) is 0 Å². The van der Waals surface area contributed by atoms with Crippen LogP contribution in [0.4, 0.5) is 0 Å². The summed E-state index contributed by atoms with van der Waals surface area (Å²) >= 11 is 4.71.